The molecule has 0 aromatic heterocycles. The molecule has 3 heteroatoms. The average molecular weight is 248 g/mol. The fourth-order valence-electron chi connectivity index (χ4n) is 1.53. The number of nitrogens with one attached hydrogen (secondary N) is 1. The lowest BCUT2D eigenvalue weighted by Gasteiger charge is -2.25. The van der Waals surface area contributed by atoms with Crippen molar-refractivity contribution in [1.82, 2.24) is 5.32 Å². The van der Waals surface area contributed by atoms with E-state index in [9.17, 15) is 0 Å². The quantitative estimate of drug-likeness (QED) is 0.614. The van der Waals surface area contributed by atoms with Crippen molar-refractivity contribution in [2.75, 3.05) is 18.0 Å². The highest BCUT2D eigenvalue weighted by Crippen LogP contribution is 2.14. The number of hydrogen-bond acceptors (Lipinski definition) is 1. The zero-order chi connectivity index (χ0) is 12.5. The molecule has 1 aromatic rings. The van der Waals surface area contributed by atoms with Gasteiger partial charge in [-0.1, -0.05) is 37.6 Å². The first-order chi connectivity index (χ1) is 8.29. The highest BCUT2D eigenvalue weighted by molar-refractivity contribution is 7.80. The first-order valence-electron chi connectivity index (χ1n) is 6.01. The number of rotatable bonds is 6. The molecule has 0 radical (unpaired) electrons. The van der Waals surface area contributed by atoms with E-state index in [1.807, 2.05) is 24.3 Å². The van der Waals surface area contributed by atoms with Crippen LogP contribution in [0, 0.1) is 0 Å². The summed E-state index contributed by atoms with van der Waals surface area (Å²) in [5.74, 6) is 0. The van der Waals surface area contributed by atoms with Gasteiger partial charge in [0, 0.05) is 18.8 Å². The topological polar surface area (TPSA) is 15.3 Å². The molecule has 1 aromatic carbocycles. The van der Waals surface area contributed by atoms with Gasteiger partial charge in [0.2, 0.25) is 0 Å². The molecule has 0 unspecified atom stereocenters. The van der Waals surface area contributed by atoms with Gasteiger partial charge in [0.15, 0.2) is 5.11 Å². The van der Waals surface area contributed by atoms with E-state index in [1.54, 1.807) is 0 Å². The molecule has 0 saturated carbocycles. The first kappa shape index (κ1) is 13.7. The highest BCUT2D eigenvalue weighted by Gasteiger charge is 2.09. The van der Waals surface area contributed by atoms with E-state index in [4.69, 9.17) is 12.2 Å². The fourth-order valence-corrected chi connectivity index (χ4v) is 1.81. The third-order valence-electron chi connectivity index (χ3n) is 2.45. The summed E-state index contributed by atoms with van der Waals surface area (Å²) in [5.41, 5.74) is 1.14. The Hall–Kier alpha value is -1.35. The van der Waals surface area contributed by atoms with E-state index in [0.29, 0.717) is 6.54 Å². The Balaban J connectivity index is 2.72. The molecule has 0 heterocycles. The van der Waals surface area contributed by atoms with Crippen molar-refractivity contribution >= 4 is 23.0 Å². The van der Waals surface area contributed by atoms with E-state index in [-0.39, 0.29) is 0 Å². The summed E-state index contributed by atoms with van der Waals surface area (Å²) >= 11 is 5.40. The summed E-state index contributed by atoms with van der Waals surface area (Å²) in [6, 6.07) is 10.2. The predicted molar refractivity (Wildman–Crippen MR) is 79.5 cm³/mol. The summed E-state index contributed by atoms with van der Waals surface area (Å²) in [6.07, 6.45) is 4.10. The summed E-state index contributed by atoms with van der Waals surface area (Å²) < 4.78 is 0. The number of hydrogen-bond donors (Lipinski definition) is 1. The Labute approximate surface area is 109 Å². The van der Waals surface area contributed by atoms with Crippen LogP contribution in [-0.2, 0) is 0 Å². The van der Waals surface area contributed by atoms with Crippen LogP contribution in [0.1, 0.15) is 19.8 Å². The third kappa shape index (κ3) is 4.57. The van der Waals surface area contributed by atoms with Gasteiger partial charge < -0.3 is 10.2 Å². The van der Waals surface area contributed by atoms with Gasteiger partial charge in [-0.2, -0.15) is 0 Å². The number of unbranched alkanes of at least 4 members (excludes halogenated alkanes) is 1. The molecule has 0 fully saturated rings. The molecule has 92 valence electrons. The lowest BCUT2D eigenvalue weighted by atomic mass is 10.2. The normalized spacial score (nSPS) is 9.71. The van der Waals surface area contributed by atoms with Crippen molar-refractivity contribution in [2.24, 2.45) is 0 Å². The Morgan fingerprint density at radius 1 is 1.41 bits per heavy atom. The molecular formula is C14H20N2S. The van der Waals surface area contributed by atoms with Crippen molar-refractivity contribution in [3.8, 4) is 0 Å². The van der Waals surface area contributed by atoms with Gasteiger partial charge in [-0.15, -0.1) is 6.58 Å². The summed E-state index contributed by atoms with van der Waals surface area (Å²) in [4.78, 5) is 2.14. The second kappa shape index (κ2) is 7.85. The standard InChI is InChI=1S/C14H20N2S/c1-3-5-12-16(14(17)15-11-4-2)13-9-7-6-8-10-13/h4,6-10H,2-3,5,11-12H2,1H3,(H,15,17). The monoisotopic (exact) mass is 248 g/mol. The molecular weight excluding hydrogens is 228 g/mol. The van der Waals surface area contributed by atoms with Crippen LogP contribution >= 0.6 is 12.2 Å². The lowest BCUT2D eigenvalue weighted by molar-refractivity contribution is 0.788. The van der Waals surface area contributed by atoms with Gasteiger partial charge in [-0.05, 0) is 30.8 Å². The predicted octanol–water partition coefficient (Wildman–Crippen LogP) is 3.35. The number of para-hydroxylation sites is 1. The molecule has 0 aliphatic rings. The summed E-state index contributed by atoms with van der Waals surface area (Å²) in [5, 5.41) is 3.95. The molecule has 0 spiro atoms. The number of anilines is 1. The van der Waals surface area contributed by atoms with E-state index < -0.39 is 0 Å². The summed E-state index contributed by atoms with van der Waals surface area (Å²) in [7, 11) is 0. The highest BCUT2D eigenvalue weighted by atomic mass is 32.1. The maximum atomic E-state index is 5.40. The van der Waals surface area contributed by atoms with Crippen LogP contribution in [0.5, 0.6) is 0 Å². The van der Waals surface area contributed by atoms with E-state index in [0.717, 1.165) is 30.2 Å². The minimum absolute atomic E-state index is 0.703. The van der Waals surface area contributed by atoms with Gasteiger partial charge >= 0.3 is 0 Å². The van der Waals surface area contributed by atoms with Gasteiger partial charge in [0.25, 0.3) is 0 Å². The third-order valence-corrected chi connectivity index (χ3v) is 2.81. The van der Waals surface area contributed by atoms with Crippen molar-refractivity contribution in [3.05, 3.63) is 43.0 Å². The largest absolute Gasteiger partial charge is 0.359 e. The van der Waals surface area contributed by atoms with Crippen LogP contribution in [0.3, 0.4) is 0 Å². The number of thiocarbonyl (C=S) groups is 1. The molecule has 0 saturated heterocycles. The van der Waals surface area contributed by atoms with Crippen LogP contribution in [0.25, 0.3) is 0 Å². The Kier molecular flexibility index (Phi) is 6.33. The molecule has 0 aliphatic carbocycles. The fraction of sp³-hybridized carbons (Fsp3) is 0.357. The molecule has 0 aliphatic heterocycles. The van der Waals surface area contributed by atoms with Gasteiger partial charge in [0.1, 0.15) is 0 Å². The van der Waals surface area contributed by atoms with Crippen LogP contribution in [0.15, 0.2) is 43.0 Å². The second-order valence-corrected chi connectivity index (χ2v) is 4.20. The van der Waals surface area contributed by atoms with E-state index in [2.05, 4.69) is 35.9 Å². The number of nitrogens with zero attached hydrogens (tertiary/aromatic N) is 1. The Bertz CT molecular complexity index is 348. The van der Waals surface area contributed by atoms with Crippen LogP contribution in [0.2, 0.25) is 0 Å². The van der Waals surface area contributed by atoms with Gasteiger partial charge in [-0.25, -0.2) is 0 Å². The zero-order valence-electron chi connectivity index (χ0n) is 10.4. The maximum Gasteiger partial charge on any atom is 0.173 e. The molecule has 0 atom stereocenters. The lowest BCUT2D eigenvalue weighted by Crippen LogP contribution is -2.40. The Morgan fingerprint density at radius 2 is 2.12 bits per heavy atom. The summed E-state index contributed by atoms with van der Waals surface area (Å²) in [6.45, 7) is 7.52. The van der Waals surface area contributed by atoms with Crippen molar-refractivity contribution in [1.29, 1.82) is 0 Å². The van der Waals surface area contributed by atoms with Crippen LogP contribution < -0.4 is 10.2 Å². The minimum Gasteiger partial charge on any atom is -0.359 e. The van der Waals surface area contributed by atoms with Crippen LogP contribution in [0.4, 0.5) is 5.69 Å². The average Bonchev–Trinajstić information content (AvgIpc) is 2.38. The molecule has 17 heavy (non-hydrogen) atoms. The number of benzene rings is 1. The first-order valence-corrected chi connectivity index (χ1v) is 6.41. The maximum absolute atomic E-state index is 5.40. The SMILES string of the molecule is C=CCNC(=S)N(CCCC)c1ccccc1. The molecule has 0 amide bonds. The van der Waals surface area contributed by atoms with Crippen molar-refractivity contribution in [3.63, 3.8) is 0 Å². The smallest absolute Gasteiger partial charge is 0.173 e. The van der Waals surface area contributed by atoms with E-state index in [1.165, 1.54) is 0 Å². The van der Waals surface area contributed by atoms with Gasteiger partial charge in [0.05, 0.1) is 0 Å². The van der Waals surface area contributed by atoms with Gasteiger partial charge in [-0.3, -0.25) is 0 Å². The second-order valence-electron chi connectivity index (χ2n) is 3.82. The van der Waals surface area contributed by atoms with Crippen molar-refractivity contribution in [2.45, 2.75) is 19.8 Å². The minimum atomic E-state index is 0.703. The van der Waals surface area contributed by atoms with Crippen LogP contribution in [-0.4, -0.2) is 18.2 Å². The Morgan fingerprint density at radius 3 is 2.71 bits per heavy atom. The molecule has 1 rings (SSSR count). The zero-order valence-corrected chi connectivity index (χ0v) is 11.2. The molecule has 0 bridgehead atoms. The molecule has 2 nitrogen and oxygen atoms in total. The molecule has 1 N–H and O–H groups in total. The van der Waals surface area contributed by atoms with E-state index >= 15 is 0 Å². The van der Waals surface area contributed by atoms with Crippen molar-refractivity contribution < 1.29 is 0 Å².